The van der Waals surface area contributed by atoms with Gasteiger partial charge in [-0.2, -0.15) is 5.10 Å². The number of amides is 1. The fraction of sp³-hybridized carbons (Fsp3) is 0.412. The number of hydrogen-bond acceptors (Lipinski definition) is 6. The summed E-state index contributed by atoms with van der Waals surface area (Å²) in [6.07, 6.45) is 3.74. The van der Waals surface area contributed by atoms with Crippen LogP contribution in [0.4, 0.5) is 11.4 Å². The van der Waals surface area contributed by atoms with Gasteiger partial charge < -0.3 is 16.0 Å². The van der Waals surface area contributed by atoms with Gasteiger partial charge in [-0.15, -0.1) is 0 Å². The van der Waals surface area contributed by atoms with Crippen molar-refractivity contribution in [2.45, 2.75) is 5.92 Å². The van der Waals surface area contributed by atoms with Crippen LogP contribution in [0.2, 0.25) is 0 Å². The second-order valence-corrected chi connectivity index (χ2v) is 6.31. The third-order valence-corrected chi connectivity index (χ3v) is 4.54. The summed E-state index contributed by atoms with van der Waals surface area (Å²) >= 11 is 0. The molecule has 9 nitrogen and oxygen atoms in total. The lowest BCUT2D eigenvalue weighted by Gasteiger charge is -2.17. The lowest BCUT2D eigenvalue weighted by Crippen LogP contribution is -2.36. The molecule has 1 amide bonds. The van der Waals surface area contributed by atoms with Crippen LogP contribution in [0.3, 0.4) is 0 Å². The predicted molar refractivity (Wildman–Crippen MR) is 96.9 cm³/mol. The van der Waals surface area contributed by atoms with E-state index in [9.17, 15) is 14.9 Å². The highest BCUT2D eigenvalue weighted by Crippen LogP contribution is 2.28. The van der Waals surface area contributed by atoms with Gasteiger partial charge in [0.1, 0.15) is 5.69 Å². The largest absolute Gasteiger partial charge is 0.378 e. The van der Waals surface area contributed by atoms with Gasteiger partial charge in [0.15, 0.2) is 0 Å². The Labute approximate surface area is 150 Å². The maximum absolute atomic E-state index is 12.5. The number of carbonyl (C=O) groups is 1. The lowest BCUT2D eigenvalue weighted by molar-refractivity contribution is -0.384. The maximum Gasteiger partial charge on any atom is 0.292 e. The zero-order chi connectivity index (χ0) is 18.5. The topological polar surface area (TPSA) is 114 Å². The van der Waals surface area contributed by atoms with Gasteiger partial charge in [0, 0.05) is 51.4 Å². The Kier molecular flexibility index (Phi) is 5.47. The number of nitro benzene ring substituents is 1. The summed E-state index contributed by atoms with van der Waals surface area (Å²) in [4.78, 5) is 23.1. The molecule has 0 unspecified atom stereocenters. The third-order valence-electron chi connectivity index (χ3n) is 4.54. The van der Waals surface area contributed by atoms with E-state index >= 15 is 0 Å². The number of nitrogens with one attached hydrogen (secondary N) is 3. The van der Waals surface area contributed by atoms with Gasteiger partial charge in [-0.25, -0.2) is 0 Å². The van der Waals surface area contributed by atoms with Crippen LogP contribution in [0, 0.1) is 16.0 Å². The zero-order valence-corrected chi connectivity index (χ0v) is 14.5. The molecule has 0 bridgehead atoms. The van der Waals surface area contributed by atoms with Gasteiger partial charge >= 0.3 is 0 Å². The van der Waals surface area contributed by atoms with Crippen molar-refractivity contribution >= 4 is 17.3 Å². The van der Waals surface area contributed by atoms with Crippen LogP contribution in [-0.4, -0.2) is 46.8 Å². The molecule has 2 heterocycles. The number of anilines is 1. The molecule has 1 saturated heterocycles. The molecule has 26 heavy (non-hydrogen) atoms. The first-order chi connectivity index (χ1) is 12.6. The summed E-state index contributed by atoms with van der Waals surface area (Å²) in [6, 6.07) is 6.45. The minimum atomic E-state index is -0.427. The van der Waals surface area contributed by atoms with Crippen LogP contribution >= 0.6 is 0 Å². The first-order valence-corrected chi connectivity index (χ1v) is 8.50. The molecule has 2 aromatic rings. The van der Waals surface area contributed by atoms with Gasteiger partial charge in [-0.05, 0) is 11.6 Å². The number of benzene rings is 1. The average molecular weight is 358 g/mol. The van der Waals surface area contributed by atoms with Gasteiger partial charge in [0.2, 0.25) is 5.91 Å². The highest BCUT2D eigenvalue weighted by Gasteiger charge is 2.34. The summed E-state index contributed by atoms with van der Waals surface area (Å²) in [5.74, 6) is -0.0645. The van der Waals surface area contributed by atoms with Crippen LogP contribution in [0.5, 0.6) is 0 Å². The maximum atomic E-state index is 12.5. The number of rotatable bonds is 7. The van der Waals surface area contributed by atoms with E-state index in [-0.39, 0.29) is 23.4 Å². The molecule has 138 valence electrons. The van der Waals surface area contributed by atoms with Crippen LogP contribution < -0.4 is 16.0 Å². The first kappa shape index (κ1) is 17.9. The van der Waals surface area contributed by atoms with Crippen LogP contribution in [-0.2, 0) is 11.8 Å². The fourth-order valence-electron chi connectivity index (χ4n) is 3.23. The second kappa shape index (κ2) is 7.96. The normalized spacial score (nSPS) is 19.3. The molecule has 2 atom stereocenters. The molecule has 1 aliphatic rings. The fourth-order valence-corrected chi connectivity index (χ4v) is 3.23. The minimum Gasteiger partial charge on any atom is -0.378 e. The number of para-hydroxylation sites is 2. The molecular weight excluding hydrogens is 336 g/mol. The molecule has 1 aliphatic heterocycles. The van der Waals surface area contributed by atoms with Crippen molar-refractivity contribution in [3.8, 4) is 0 Å². The SMILES string of the molecule is Cn1cc([C@H]2CNC[C@@H]2C(=O)NCCNc2ccccc2[N+](=O)[O-])cn1. The average Bonchev–Trinajstić information content (AvgIpc) is 3.27. The molecule has 1 aromatic carbocycles. The quantitative estimate of drug-likeness (QED) is 0.384. The number of aryl methyl sites for hydroxylation is 1. The minimum absolute atomic E-state index is 0.0202. The molecule has 3 N–H and O–H groups in total. The van der Waals surface area contributed by atoms with E-state index < -0.39 is 4.92 Å². The Hall–Kier alpha value is -2.94. The number of aromatic nitrogens is 2. The van der Waals surface area contributed by atoms with E-state index in [2.05, 4.69) is 21.0 Å². The smallest absolute Gasteiger partial charge is 0.292 e. The van der Waals surface area contributed by atoms with Crippen molar-refractivity contribution in [3.05, 3.63) is 52.3 Å². The van der Waals surface area contributed by atoms with E-state index in [1.165, 1.54) is 6.07 Å². The Morgan fingerprint density at radius 1 is 1.38 bits per heavy atom. The Morgan fingerprint density at radius 3 is 2.92 bits per heavy atom. The molecule has 0 saturated carbocycles. The molecular formula is C17H22N6O3. The van der Waals surface area contributed by atoms with Crippen LogP contribution in [0.1, 0.15) is 11.5 Å². The predicted octanol–water partition coefficient (Wildman–Crippen LogP) is 0.860. The summed E-state index contributed by atoms with van der Waals surface area (Å²) in [5.41, 5.74) is 1.52. The second-order valence-electron chi connectivity index (χ2n) is 6.31. The van der Waals surface area contributed by atoms with Crippen molar-refractivity contribution < 1.29 is 9.72 Å². The summed E-state index contributed by atoms with van der Waals surface area (Å²) in [5, 5.41) is 24.3. The Balaban J connectivity index is 1.51. The molecule has 0 aliphatic carbocycles. The van der Waals surface area contributed by atoms with E-state index in [1.54, 1.807) is 29.1 Å². The molecule has 1 fully saturated rings. The van der Waals surface area contributed by atoms with Gasteiger partial charge in [0.05, 0.1) is 17.0 Å². The van der Waals surface area contributed by atoms with E-state index in [0.29, 0.717) is 25.3 Å². The Morgan fingerprint density at radius 2 is 2.19 bits per heavy atom. The summed E-state index contributed by atoms with van der Waals surface area (Å²) in [6.45, 7) is 2.18. The van der Waals surface area contributed by atoms with Crippen LogP contribution in [0.15, 0.2) is 36.7 Å². The number of nitrogens with zero attached hydrogens (tertiary/aromatic N) is 3. The van der Waals surface area contributed by atoms with E-state index in [4.69, 9.17) is 0 Å². The van der Waals surface area contributed by atoms with Crippen molar-refractivity contribution in [3.63, 3.8) is 0 Å². The first-order valence-electron chi connectivity index (χ1n) is 8.50. The van der Waals surface area contributed by atoms with Crippen molar-refractivity contribution in [2.24, 2.45) is 13.0 Å². The summed E-state index contributed by atoms with van der Waals surface area (Å²) in [7, 11) is 1.86. The zero-order valence-electron chi connectivity index (χ0n) is 14.5. The van der Waals surface area contributed by atoms with Crippen molar-refractivity contribution in [1.82, 2.24) is 20.4 Å². The molecule has 3 rings (SSSR count). The third kappa shape index (κ3) is 3.99. The van der Waals surface area contributed by atoms with Crippen LogP contribution in [0.25, 0.3) is 0 Å². The van der Waals surface area contributed by atoms with Gasteiger partial charge in [0.25, 0.3) is 5.69 Å². The van der Waals surface area contributed by atoms with Gasteiger partial charge in [-0.3, -0.25) is 19.6 Å². The monoisotopic (exact) mass is 358 g/mol. The number of hydrogen-bond donors (Lipinski definition) is 3. The molecule has 0 spiro atoms. The number of carbonyl (C=O) groups excluding carboxylic acids is 1. The van der Waals surface area contributed by atoms with E-state index in [1.807, 2.05) is 13.2 Å². The molecule has 0 radical (unpaired) electrons. The Bertz CT molecular complexity index is 790. The lowest BCUT2D eigenvalue weighted by atomic mass is 9.90. The molecule has 1 aromatic heterocycles. The van der Waals surface area contributed by atoms with E-state index in [0.717, 1.165) is 12.1 Å². The molecule has 9 heteroatoms. The van der Waals surface area contributed by atoms with Gasteiger partial charge in [-0.1, -0.05) is 12.1 Å². The highest BCUT2D eigenvalue weighted by atomic mass is 16.6. The number of nitro groups is 1. The summed E-state index contributed by atoms with van der Waals surface area (Å²) < 4.78 is 1.74. The van der Waals surface area contributed by atoms with Crippen molar-refractivity contribution in [2.75, 3.05) is 31.5 Å². The highest BCUT2D eigenvalue weighted by molar-refractivity contribution is 5.80. The standard InChI is InChI=1S/C17H22N6O3/c1-22-11-12(8-21-22)13-9-18-10-14(13)17(24)20-7-6-19-15-4-2-3-5-16(15)23(25)26/h2-5,8,11,13-14,18-19H,6-7,9-10H2,1H3,(H,20,24)/t13-,14+/m1/s1. The van der Waals surface area contributed by atoms with Crippen molar-refractivity contribution in [1.29, 1.82) is 0 Å².